The molecular weight excluding hydrogens is 286 g/mol. The number of hydrogen-bond donors (Lipinski definition) is 2. The van der Waals surface area contributed by atoms with E-state index < -0.39 is 5.97 Å². The first kappa shape index (κ1) is 12.4. The van der Waals surface area contributed by atoms with Crippen molar-refractivity contribution in [1.29, 1.82) is 0 Å². The van der Waals surface area contributed by atoms with Crippen molar-refractivity contribution in [1.82, 2.24) is 4.90 Å². The number of rotatable bonds is 5. The highest BCUT2D eigenvalue weighted by Crippen LogP contribution is 2.30. The lowest BCUT2D eigenvalue weighted by molar-refractivity contribution is -0.138. The molecule has 0 spiro atoms. The molecular formula is C12H14BrNO3. The molecule has 0 aromatic heterocycles. The van der Waals surface area contributed by atoms with Crippen molar-refractivity contribution in [2.45, 2.75) is 25.4 Å². The Hall–Kier alpha value is -1.07. The molecule has 0 amide bonds. The average Bonchev–Trinajstić information content (AvgIpc) is 3.05. The number of carbonyl (C=O) groups is 1. The van der Waals surface area contributed by atoms with Gasteiger partial charge in [0.15, 0.2) is 0 Å². The van der Waals surface area contributed by atoms with Crippen LogP contribution in [-0.4, -0.2) is 33.7 Å². The molecule has 0 unspecified atom stereocenters. The van der Waals surface area contributed by atoms with Gasteiger partial charge < -0.3 is 10.2 Å². The minimum Gasteiger partial charge on any atom is -0.508 e. The predicted molar refractivity (Wildman–Crippen MR) is 66.9 cm³/mol. The zero-order chi connectivity index (χ0) is 12.4. The summed E-state index contributed by atoms with van der Waals surface area (Å²) in [5, 5.41) is 18.6. The normalized spacial score (nSPS) is 15.2. The van der Waals surface area contributed by atoms with Crippen LogP contribution in [0.2, 0.25) is 0 Å². The summed E-state index contributed by atoms with van der Waals surface area (Å²) in [4.78, 5) is 12.7. The lowest BCUT2D eigenvalue weighted by Gasteiger charge is -2.20. The smallest absolute Gasteiger partial charge is 0.317 e. The fourth-order valence-corrected chi connectivity index (χ4v) is 2.24. The molecule has 92 valence electrons. The minimum atomic E-state index is -0.827. The average molecular weight is 300 g/mol. The van der Waals surface area contributed by atoms with Gasteiger partial charge in [0.2, 0.25) is 0 Å². The Morgan fingerprint density at radius 1 is 1.47 bits per heavy atom. The van der Waals surface area contributed by atoms with Crippen LogP contribution in [0.15, 0.2) is 22.7 Å². The molecule has 0 bridgehead atoms. The third-order valence-corrected chi connectivity index (χ3v) is 3.31. The van der Waals surface area contributed by atoms with Gasteiger partial charge in [-0.25, -0.2) is 0 Å². The number of aliphatic carboxylic acids is 1. The van der Waals surface area contributed by atoms with E-state index >= 15 is 0 Å². The minimum absolute atomic E-state index is 0.0244. The van der Waals surface area contributed by atoms with Crippen molar-refractivity contribution in [3.63, 3.8) is 0 Å². The summed E-state index contributed by atoms with van der Waals surface area (Å²) in [6.45, 7) is 0.499. The van der Waals surface area contributed by atoms with Crippen molar-refractivity contribution in [2.75, 3.05) is 6.54 Å². The molecule has 1 saturated carbocycles. The van der Waals surface area contributed by atoms with Gasteiger partial charge in [0.1, 0.15) is 5.75 Å². The number of carboxylic acid groups (broad SMARTS) is 1. The van der Waals surface area contributed by atoms with Crippen LogP contribution in [0.25, 0.3) is 0 Å². The molecule has 1 aromatic carbocycles. The van der Waals surface area contributed by atoms with E-state index in [9.17, 15) is 9.90 Å². The Kier molecular flexibility index (Phi) is 3.69. The first-order valence-electron chi connectivity index (χ1n) is 5.49. The van der Waals surface area contributed by atoms with Crippen LogP contribution in [0.4, 0.5) is 0 Å². The molecule has 2 rings (SSSR count). The number of aromatic hydroxyl groups is 1. The summed E-state index contributed by atoms with van der Waals surface area (Å²) < 4.78 is 0.886. The van der Waals surface area contributed by atoms with Crippen LogP contribution < -0.4 is 0 Å². The van der Waals surface area contributed by atoms with E-state index in [4.69, 9.17) is 5.11 Å². The zero-order valence-corrected chi connectivity index (χ0v) is 10.9. The third-order valence-electron chi connectivity index (χ3n) is 2.82. The number of phenols is 1. The molecule has 0 radical (unpaired) electrons. The van der Waals surface area contributed by atoms with E-state index in [2.05, 4.69) is 15.9 Å². The Bertz CT molecular complexity index is 432. The lowest BCUT2D eigenvalue weighted by atomic mass is 10.2. The molecule has 4 nitrogen and oxygen atoms in total. The maximum absolute atomic E-state index is 10.8. The Balaban J connectivity index is 2.10. The molecule has 1 aliphatic carbocycles. The molecule has 1 aromatic rings. The lowest BCUT2D eigenvalue weighted by Crippen LogP contribution is -2.31. The van der Waals surface area contributed by atoms with Gasteiger partial charge in [-0.3, -0.25) is 9.69 Å². The summed E-state index contributed by atoms with van der Waals surface area (Å²) in [6.07, 6.45) is 2.09. The SMILES string of the molecule is O=C(O)CN(Cc1cc(Br)ccc1O)C1CC1. The van der Waals surface area contributed by atoms with Gasteiger partial charge in [-0.2, -0.15) is 0 Å². The molecule has 1 aliphatic rings. The van der Waals surface area contributed by atoms with E-state index in [1.165, 1.54) is 0 Å². The van der Waals surface area contributed by atoms with Crippen LogP contribution >= 0.6 is 15.9 Å². The van der Waals surface area contributed by atoms with Gasteiger partial charge in [-0.15, -0.1) is 0 Å². The van der Waals surface area contributed by atoms with Crippen LogP contribution in [-0.2, 0) is 11.3 Å². The second-order valence-corrected chi connectivity index (χ2v) is 5.22. The Morgan fingerprint density at radius 3 is 2.76 bits per heavy atom. The van der Waals surface area contributed by atoms with Crippen LogP contribution in [0.3, 0.4) is 0 Å². The van der Waals surface area contributed by atoms with E-state index in [-0.39, 0.29) is 12.3 Å². The summed E-state index contributed by atoms with van der Waals surface area (Å²) in [5.41, 5.74) is 0.757. The second-order valence-electron chi connectivity index (χ2n) is 4.30. The molecule has 5 heteroatoms. The van der Waals surface area contributed by atoms with Crippen molar-refractivity contribution >= 4 is 21.9 Å². The van der Waals surface area contributed by atoms with E-state index in [1.807, 2.05) is 11.0 Å². The largest absolute Gasteiger partial charge is 0.508 e. The highest BCUT2D eigenvalue weighted by atomic mass is 79.9. The summed E-state index contributed by atoms with van der Waals surface area (Å²) in [7, 11) is 0. The van der Waals surface area contributed by atoms with Crippen molar-refractivity contribution < 1.29 is 15.0 Å². The number of nitrogens with zero attached hydrogens (tertiary/aromatic N) is 1. The van der Waals surface area contributed by atoms with Gasteiger partial charge >= 0.3 is 5.97 Å². The summed E-state index contributed by atoms with van der Waals surface area (Å²) in [5.74, 6) is -0.615. The van der Waals surface area contributed by atoms with E-state index in [1.54, 1.807) is 12.1 Å². The number of phenolic OH excluding ortho intramolecular Hbond substituents is 1. The highest BCUT2D eigenvalue weighted by Gasteiger charge is 2.30. The van der Waals surface area contributed by atoms with Gasteiger partial charge in [-0.1, -0.05) is 15.9 Å². The first-order chi connectivity index (χ1) is 8.06. The molecule has 0 heterocycles. The molecule has 0 aliphatic heterocycles. The van der Waals surface area contributed by atoms with E-state index in [0.717, 1.165) is 22.9 Å². The second kappa shape index (κ2) is 5.06. The quantitative estimate of drug-likeness (QED) is 0.875. The third kappa shape index (κ3) is 3.44. The van der Waals surface area contributed by atoms with Crippen molar-refractivity contribution in [3.8, 4) is 5.75 Å². The Labute approximate surface area is 108 Å². The maximum atomic E-state index is 10.8. The topological polar surface area (TPSA) is 60.8 Å². The fraction of sp³-hybridized carbons (Fsp3) is 0.417. The number of hydrogen-bond acceptors (Lipinski definition) is 3. The van der Waals surface area contributed by atoms with Crippen molar-refractivity contribution in [3.05, 3.63) is 28.2 Å². The van der Waals surface area contributed by atoms with E-state index in [0.29, 0.717) is 12.6 Å². The van der Waals surface area contributed by atoms with Crippen molar-refractivity contribution in [2.24, 2.45) is 0 Å². The van der Waals surface area contributed by atoms with Crippen LogP contribution in [0.5, 0.6) is 5.75 Å². The van der Waals surface area contributed by atoms with Gasteiger partial charge in [-0.05, 0) is 31.0 Å². The van der Waals surface area contributed by atoms with Crippen LogP contribution in [0.1, 0.15) is 18.4 Å². The Morgan fingerprint density at radius 2 is 2.18 bits per heavy atom. The predicted octanol–water partition coefficient (Wildman–Crippen LogP) is 2.20. The first-order valence-corrected chi connectivity index (χ1v) is 6.29. The fourth-order valence-electron chi connectivity index (χ4n) is 1.83. The molecule has 2 N–H and O–H groups in total. The van der Waals surface area contributed by atoms with Gasteiger partial charge in [0.25, 0.3) is 0 Å². The summed E-state index contributed by atoms with van der Waals surface area (Å²) >= 11 is 3.34. The zero-order valence-electron chi connectivity index (χ0n) is 9.27. The van der Waals surface area contributed by atoms with Gasteiger partial charge in [0.05, 0.1) is 6.54 Å². The van der Waals surface area contributed by atoms with Crippen LogP contribution in [0, 0.1) is 0 Å². The standard InChI is InChI=1S/C12H14BrNO3/c13-9-1-4-11(15)8(5-9)6-14(7-12(16)17)10-2-3-10/h1,4-5,10,15H,2-3,6-7H2,(H,16,17). The van der Waals surface area contributed by atoms with Gasteiger partial charge in [0, 0.05) is 22.6 Å². The number of carboxylic acids is 1. The molecule has 0 atom stereocenters. The number of benzene rings is 1. The molecule has 0 saturated heterocycles. The highest BCUT2D eigenvalue weighted by molar-refractivity contribution is 9.10. The molecule has 1 fully saturated rings. The summed E-state index contributed by atoms with van der Waals surface area (Å²) in [6, 6.07) is 5.56. The molecule has 17 heavy (non-hydrogen) atoms. The maximum Gasteiger partial charge on any atom is 0.317 e. The monoisotopic (exact) mass is 299 g/mol. The number of halogens is 1.